The summed E-state index contributed by atoms with van der Waals surface area (Å²) in [5, 5.41) is 12.7. The van der Waals surface area contributed by atoms with Crippen molar-refractivity contribution < 1.29 is 9.90 Å². The number of hydrogen-bond acceptors (Lipinski definition) is 2. The summed E-state index contributed by atoms with van der Waals surface area (Å²) in [7, 11) is 0. The predicted octanol–water partition coefficient (Wildman–Crippen LogP) is 2.52. The highest BCUT2D eigenvalue weighted by molar-refractivity contribution is 5.74. The second kappa shape index (κ2) is 6.29. The van der Waals surface area contributed by atoms with E-state index in [1.807, 2.05) is 17.9 Å². The van der Waals surface area contributed by atoms with E-state index < -0.39 is 0 Å². The van der Waals surface area contributed by atoms with Crippen LogP contribution in [0.1, 0.15) is 38.2 Å². The maximum atomic E-state index is 12.3. The Balaban J connectivity index is 1.49. The quantitative estimate of drug-likeness (QED) is 0.898. The van der Waals surface area contributed by atoms with Crippen LogP contribution in [0.15, 0.2) is 30.3 Å². The number of urea groups is 1. The number of aliphatic hydroxyl groups is 1. The molecule has 22 heavy (non-hydrogen) atoms. The minimum atomic E-state index is -0.266. The van der Waals surface area contributed by atoms with Gasteiger partial charge < -0.3 is 15.3 Å². The highest BCUT2D eigenvalue weighted by atomic mass is 16.3. The van der Waals surface area contributed by atoms with E-state index in [1.54, 1.807) is 0 Å². The lowest BCUT2D eigenvalue weighted by molar-refractivity contribution is 0.0797. The lowest BCUT2D eigenvalue weighted by atomic mass is 9.92. The van der Waals surface area contributed by atoms with Crippen LogP contribution in [0.3, 0.4) is 0 Å². The van der Waals surface area contributed by atoms with E-state index in [-0.39, 0.29) is 17.6 Å². The number of piperidine rings is 1. The lowest BCUT2D eigenvalue weighted by Gasteiger charge is -2.33. The van der Waals surface area contributed by atoms with E-state index in [2.05, 4.69) is 29.6 Å². The van der Waals surface area contributed by atoms with Crippen LogP contribution >= 0.6 is 0 Å². The Morgan fingerprint density at radius 1 is 1.32 bits per heavy atom. The zero-order valence-electron chi connectivity index (χ0n) is 13.3. The van der Waals surface area contributed by atoms with Crippen LogP contribution < -0.4 is 5.32 Å². The molecular weight excluding hydrogens is 276 g/mol. The first-order valence-corrected chi connectivity index (χ1v) is 8.37. The molecule has 1 unspecified atom stereocenters. The summed E-state index contributed by atoms with van der Waals surface area (Å²) >= 11 is 0. The molecule has 1 aromatic carbocycles. The molecule has 1 heterocycles. The van der Waals surface area contributed by atoms with Crippen molar-refractivity contribution in [3.8, 4) is 0 Å². The van der Waals surface area contributed by atoms with E-state index in [1.165, 1.54) is 5.56 Å². The van der Waals surface area contributed by atoms with Crippen LogP contribution in [-0.2, 0) is 5.41 Å². The molecule has 2 aliphatic rings. The molecule has 0 aromatic heterocycles. The van der Waals surface area contributed by atoms with Crippen LogP contribution in [0, 0.1) is 5.92 Å². The van der Waals surface area contributed by atoms with Gasteiger partial charge in [0, 0.05) is 25.0 Å². The van der Waals surface area contributed by atoms with Gasteiger partial charge in [0.1, 0.15) is 0 Å². The molecule has 0 spiro atoms. The minimum Gasteiger partial charge on any atom is -0.393 e. The SMILES string of the molecule is CC(O)C1CCN(C(=O)NCC2(c3ccccc3)CC2)CC1. The van der Waals surface area contributed by atoms with Gasteiger partial charge in [0.15, 0.2) is 0 Å². The number of rotatable bonds is 4. The Labute approximate surface area is 132 Å². The fraction of sp³-hybridized carbons (Fsp3) is 0.611. The summed E-state index contributed by atoms with van der Waals surface area (Å²) in [5.41, 5.74) is 1.50. The van der Waals surface area contributed by atoms with Crippen LogP contribution in [0.4, 0.5) is 4.79 Å². The number of nitrogens with one attached hydrogen (secondary N) is 1. The maximum absolute atomic E-state index is 12.3. The lowest BCUT2D eigenvalue weighted by Crippen LogP contribution is -2.47. The molecule has 0 radical (unpaired) electrons. The van der Waals surface area contributed by atoms with Gasteiger partial charge in [0.25, 0.3) is 0 Å². The second-order valence-corrected chi connectivity index (χ2v) is 6.87. The molecule has 4 nitrogen and oxygen atoms in total. The van der Waals surface area contributed by atoms with E-state index in [0.29, 0.717) is 5.92 Å². The highest BCUT2D eigenvalue weighted by Crippen LogP contribution is 2.47. The number of hydrogen-bond donors (Lipinski definition) is 2. The Morgan fingerprint density at radius 2 is 1.95 bits per heavy atom. The molecule has 2 amide bonds. The minimum absolute atomic E-state index is 0.0475. The molecule has 1 saturated heterocycles. The van der Waals surface area contributed by atoms with Gasteiger partial charge in [-0.05, 0) is 44.1 Å². The first-order chi connectivity index (χ1) is 10.6. The average Bonchev–Trinajstić information content (AvgIpc) is 3.35. The fourth-order valence-corrected chi connectivity index (χ4v) is 3.45. The highest BCUT2D eigenvalue weighted by Gasteiger charge is 2.44. The second-order valence-electron chi connectivity index (χ2n) is 6.87. The molecule has 1 aliphatic carbocycles. The van der Waals surface area contributed by atoms with Crippen molar-refractivity contribution in [1.29, 1.82) is 0 Å². The zero-order chi connectivity index (χ0) is 15.6. The van der Waals surface area contributed by atoms with Crippen molar-refractivity contribution in [3.63, 3.8) is 0 Å². The Hall–Kier alpha value is -1.55. The van der Waals surface area contributed by atoms with Crippen molar-refractivity contribution >= 4 is 6.03 Å². The molecular formula is C18H26N2O2. The first kappa shape index (κ1) is 15.3. The van der Waals surface area contributed by atoms with E-state index in [0.717, 1.165) is 45.3 Å². The number of amides is 2. The maximum Gasteiger partial charge on any atom is 0.317 e. The van der Waals surface area contributed by atoms with Crippen LogP contribution in [-0.4, -0.2) is 41.8 Å². The Morgan fingerprint density at radius 3 is 2.50 bits per heavy atom. The summed E-state index contributed by atoms with van der Waals surface area (Å²) in [6.07, 6.45) is 3.84. The average molecular weight is 302 g/mol. The first-order valence-electron chi connectivity index (χ1n) is 8.37. The monoisotopic (exact) mass is 302 g/mol. The third-order valence-corrected chi connectivity index (χ3v) is 5.33. The van der Waals surface area contributed by atoms with E-state index in [4.69, 9.17) is 0 Å². The van der Waals surface area contributed by atoms with Gasteiger partial charge in [-0.3, -0.25) is 0 Å². The topological polar surface area (TPSA) is 52.6 Å². The third kappa shape index (κ3) is 3.27. The molecule has 1 aliphatic heterocycles. The van der Waals surface area contributed by atoms with Crippen LogP contribution in [0.25, 0.3) is 0 Å². The predicted molar refractivity (Wildman–Crippen MR) is 86.7 cm³/mol. The largest absolute Gasteiger partial charge is 0.393 e. The number of likely N-dealkylation sites (tertiary alicyclic amines) is 1. The van der Waals surface area contributed by atoms with Crippen molar-refractivity contribution in [2.45, 2.75) is 44.1 Å². The van der Waals surface area contributed by atoms with Gasteiger partial charge >= 0.3 is 6.03 Å². The van der Waals surface area contributed by atoms with E-state index in [9.17, 15) is 9.90 Å². The molecule has 0 bridgehead atoms. The summed E-state index contributed by atoms with van der Waals surface area (Å²) in [6, 6.07) is 10.5. The molecule has 4 heteroatoms. The molecule has 3 rings (SSSR count). The molecule has 2 fully saturated rings. The van der Waals surface area contributed by atoms with Crippen molar-refractivity contribution in [1.82, 2.24) is 10.2 Å². The summed E-state index contributed by atoms with van der Waals surface area (Å²) in [6.45, 7) is 4.07. The summed E-state index contributed by atoms with van der Waals surface area (Å²) in [5.74, 6) is 0.336. The van der Waals surface area contributed by atoms with Gasteiger partial charge in [-0.2, -0.15) is 0 Å². The fourth-order valence-electron chi connectivity index (χ4n) is 3.45. The molecule has 120 valence electrons. The van der Waals surface area contributed by atoms with Gasteiger partial charge in [-0.1, -0.05) is 30.3 Å². The normalized spacial score (nSPS) is 22.2. The zero-order valence-corrected chi connectivity index (χ0v) is 13.3. The van der Waals surface area contributed by atoms with Crippen molar-refractivity contribution in [3.05, 3.63) is 35.9 Å². The van der Waals surface area contributed by atoms with Gasteiger partial charge in [0.05, 0.1) is 6.10 Å². The molecule has 2 N–H and O–H groups in total. The standard InChI is InChI=1S/C18H26N2O2/c1-14(21)15-7-11-20(12-8-15)17(22)19-13-18(9-10-18)16-5-3-2-4-6-16/h2-6,14-15,21H,7-13H2,1H3,(H,19,22). The number of benzene rings is 1. The Kier molecular flexibility index (Phi) is 4.39. The smallest absolute Gasteiger partial charge is 0.317 e. The summed E-state index contributed by atoms with van der Waals surface area (Å²) < 4.78 is 0. The number of carbonyl (C=O) groups is 1. The number of nitrogens with zero attached hydrogens (tertiary/aromatic N) is 1. The van der Waals surface area contributed by atoms with Crippen LogP contribution in [0.2, 0.25) is 0 Å². The van der Waals surface area contributed by atoms with Crippen molar-refractivity contribution in [2.24, 2.45) is 5.92 Å². The van der Waals surface area contributed by atoms with Gasteiger partial charge in [-0.25, -0.2) is 4.79 Å². The van der Waals surface area contributed by atoms with Crippen molar-refractivity contribution in [2.75, 3.05) is 19.6 Å². The summed E-state index contributed by atoms with van der Waals surface area (Å²) in [4.78, 5) is 14.2. The molecule has 1 atom stereocenters. The third-order valence-electron chi connectivity index (χ3n) is 5.33. The number of aliphatic hydroxyl groups excluding tert-OH is 1. The van der Waals surface area contributed by atoms with E-state index >= 15 is 0 Å². The number of carbonyl (C=O) groups excluding carboxylic acids is 1. The molecule has 1 saturated carbocycles. The van der Waals surface area contributed by atoms with Gasteiger partial charge in [-0.15, -0.1) is 0 Å². The van der Waals surface area contributed by atoms with Crippen LogP contribution in [0.5, 0.6) is 0 Å². The Bertz CT molecular complexity index is 503. The van der Waals surface area contributed by atoms with Gasteiger partial charge in [0.2, 0.25) is 0 Å². The molecule has 1 aromatic rings.